The van der Waals surface area contributed by atoms with Crippen molar-refractivity contribution in [1.82, 2.24) is 4.90 Å². The number of amides is 1. The zero-order chi connectivity index (χ0) is 20.2. The van der Waals surface area contributed by atoms with E-state index in [1.54, 1.807) is 4.90 Å². The highest BCUT2D eigenvalue weighted by atomic mass is 32.2. The summed E-state index contributed by atoms with van der Waals surface area (Å²) in [5, 5.41) is 11.1. The second kappa shape index (κ2) is 8.47. The molecule has 0 saturated carbocycles. The molecule has 1 heterocycles. The van der Waals surface area contributed by atoms with Gasteiger partial charge in [0.05, 0.1) is 10.5 Å². The zero-order valence-corrected chi connectivity index (χ0v) is 16.0. The van der Waals surface area contributed by atoms with Crippen molar-refractivity contribution < 1.29 is 27.7 Å². The van der Waals surface area contributed by atoms with Gasteiger partial charge in [0.1, 0.15) is 4.90 Å². The van der Waals surface area contributed by atoms with Gasteiger partial charge >= 0.3 is 5.97 Å². The van der Waals surface area contributed by atoms with E-state index >= 15 is 0 Å². The summed E-state index contributed by atoms with van der Waals surface area (Å²) in [6, 6.07) is 3.09. The van der Waals surface area contributed by atoms with Crippen LogP contribution in [0.5, 0.6) is 0 Å². The number of ether oxygens (including phenoxy) is 1. The van der Waals surface area contributed by atoms with Crippen LogP contribution in [0.4, 0.5) is 5.69 Å². The van der Waals surface area contributed by atoms with Gasteiger partial charge in [-0.05, 0) is 37.8 Å². The molecule has 1 aliphatic rings. The van der Waals surface area contributed by atoms with Crippen LogP contribution in [-0.4, -0.2) is 55.6 Å². The Morgan fingerprint density at radius 2 is 2.04 bits per heavy atom. The van der Waals surface area contributed by atoms with Gasteiger partial charge in [-0.2, -0.15) is 0 Å². The lowest BCUT2D eigenvalue weighted by Gasteiger charge is -2.35. The van der Waals surface area contributed by atoms with Gasteiger partial charge in [0.25, 0.3) is 11.6 Å². The summed E-state index contributed by atoms with van der Waals surface area (Å²) in [6.45, 7) is 2.14. The third-order valence-corrected chi connectivity index (χ3v) is 5.68. The van der Waals surface area contributed by atoms with E-state index < -0.39 is 37.9 Å². The Balaban J connectivity index is 2.11. The van der Waals surface area contributed by atoms with Gasteiger partial charge in [-0.1, -0.05) is 6.92 Å². The lowest BCUT2D eigenvalue weighted by Crippen LogP contribution is -2.45. The molecular formula is C17H22N2O7S. The van der Waals surface area contributed by atoms with Crippen molar-refractivity contribution >= 4 is 27.4 Å². The fourth-order valence-electron chi connectivity index (χ4n) is 3.15. The van der Waals surface area contributed by atoms with E-state index in [4.69, 9.17) is 4.74 Å². The number of esters is 1. The number of piperidine rings is 1. The molecule has 0 unspecified atom stereocenters. The van der Waals surface area contributed by atoms with Crippen LogP contribution in [0.25, 0.3) is 0 Å². The molecule has 10 heteroatoms. The molecule has 1 aromatic rings. The summed E-state index contributed by atoms with van der Waals surface area (Å²) >= 11 is 0. The first-order chi connectivity index (χ1) is 12.6. The summed E-state index contributed by atoms with van der Waals surface area (Å²) in [6.07, 6.45) is 4.52. The van der Waals surface area contributed by atoms with Crippen LogP contribution >= 0.6 is 0 Å². The van der Waals surface area contributed by atoms with Crippen LogP contribution in [0.2, 0.25) is 0 Å². The molecule has 1 saturated heterocycles. The van der Waals surface area contributed by atoms with Crippen LogP contribution in [0.1, 0.15) is 43.0 Å². The topological polar surface area (TPSA) is 124 Å². The SMILES string of the molecule is CC[C@H]1CCCCN1C(=O)COC(=O)c1ccc(S(C)(=O)=O)c([N+](=O)[O-])c1. The molecule has 1 aliphatic heterocycles. The van der Waals surface area contributed by atoms with E-state index in [-0.39, 0.29) is 17.5 Å². The number of nitrogens with zero attached hydrogens (tertiary/aromatic N) is 2. The second-order valence-corrected chi connectivity index (χ2v) is 8.42. The minimum atomic E-state index is -3.82. The summed E-state index contributed by atoms with van der Waals surface area (Å²) in [5.74, 6) is -1.23. The van der Waals surface area contributed by atoms with Gasteiger partial charge in [0.2, 0.25) is 0 Å². The van der Waals surface area contributed by atoms with Crippen molar-refractivity contribution in [1.29, 1.82) is 0 Å². The number of rotatable bonds is 6. The van der Waals surface area contributed by atoms with Crippen LogP contribution in [0.3, 0.4) is 0 Å². The van der Waals surface area contributed by atoms with E-state index in [0.29, 0.717) is 6.54 Å². The molecule has 27 heavy (non-hydrogen) atoms. The smallest absolute Gasteiger partial charge is 0.338 e. The monoisotopic (exact) mass is 398 g/mol. The number of sulfone groups is 1. The first-order valence-corrected chi connectivity index (χ1v) is 10.5. The van der Waals surface area contributed by atoms with Gasteiger partial charge in [0, 0.05) is 24.9 Å². The highest BCUT2D eigenvalue weighted by molar-refractivity contribution is 7.90. The molecule has 1 aromatic carbocycles. The number of nitro benzene ring substituents is 1. The first-order valence-electron chi connectivity index (χ1n) is 8.60. The van der Waals surface area contributed by atoms with E-state index in [1.165, 1.54) is 0 Å². The Morgan fingerprint density at radius 1 is 1.33 bits per heavy atom. The molecule has 0 N–H and O–H groups in total. The fraction of sp³-hybridized carbons (Fsp3) is 0.529. The normalized spacial score (nSPS) is 17.4. The van der Waals surface area contributed by atoms with Crippen LogP contribution in [0, 0.1) is 10.1 Å². The van der Waals surface area contributed by atoms with Gasteiger partial charge in [-0.3, -0.25) is 14.9 Å². The Hall–Kier alpha value is -2.49. The Labute approximate surface area is 157 Å². The molecule has 1 fully saturated rings. The predicted molar refractivity (Wildman–Crippen MR) is 96.1 cm³/mol. The number of hydrogen-bond donors (Lipinski definition) is 0. The van der Waals surface area contributed by atoms with Gasteiger partial charge in [-0.15, -0.1) is 0 Å². The molecular weight excluding hydrogens is 376 g/mol. The van der Waals surface area contributed by atoms with Crippen molar-refractivity contribution in [2.75, 3.05) is 19.4 Å². The summed E-state index contributed by atoms with van der Waals surface area (Å²) in [5.41, 5.74) is -0.895. The quantitative estimate of drug-likeness (QED) is 0.407. The van der Waals surface area contributed by atoms with Crippen molar-refractivity contribution in [2.24, 2.45) is 0 Å². The summed E-state index contributed by atoms with van der Waals surface area (Å²) in [4.78, 5) is 35.9. The molecule has 0 bridgehead atoms. The first kappa shape index (κ1) is 20.8. The van der Waals surface area contributed by atoms with E-state index in [2.05, 4.69) is 0 Å². The van der Waals surface area contributed by atoms with Gasteiger partial charge in [0.15, 0.2) is 16.4 Å². The number of likely N-dealkylation sites (tertiary alicyclic amines) is 1. The van der Waals surface area contributed by atoms with E-state index in [1.807, 2.05) is 6.92 Å². The van der Waals surface area contributed by atoms with Crippen LogP contribution in [-0.2, 0) is 19.4 Å². The molecule has 0 radical (unpaired) electrons. The van der Waals surface area contributed by atoms with Crippen molar-refractivity contribution in [3.63, 3.8) is 0 Å². The number of nitro groups is 1. The average Bonchev–Trinajstić information content (AvgIpc) is 2.64. The highest BCUT2D eigenvalue weighted by Gasteiger charge is 2.27. The molecule has 2 rings (SSSR count). The lowest BCUT2D eigenvalue weighted by molar-refractivity contribution is -0.387. The molecule has 1 atom stereocenters. The van der Waals surface area contributed by atoms with Gasteiger partial charge in [-0.25, -0.2) is 13.2 Å². The molecule has 148 valence electrons. The maximum atomic E-state index is 12.3. The maximum absolute atomic E-state index is 12.3. The van der Waals surface area contributed by atoms with E-state index in [9.17, 15) is 28.1 Å². The van der Waals surface area contributed by atoms with Crippen molar-refractivity contribution in [2.45, 2.75) is 43.5 Å². The third kappa shape index (κ3) is 5.03. The molecule has 9 nitrogen and oxygen atoms in total. The second-order valence-electron chi connectivity index (χ2n) is 6.43. The van der Waals surface area contributed by atoms with E-state index in [0.717, 1.165) is 50.1 Å². The molecule has 1 amide bonds. The number of carbonyl (C=O) groups excluding carboxylic acids is 2. The summed E-state index contributed by atoms with van der Waals surface area (Å²) < 4.78 is 28.2. The minimum Gasteiger partial charge on any atom is -0.452 e. The van der Waals surface area contributed by atoms with Crippen LogP contribution in [0.15, 0.2) is 23.1 Å². The highest BCUT2D eigenvalue weighted by Crippen LogP contribution is 2.25. The largest absolute Gasteiger partial charge is 0.452 e. The molecule has 0 aliphatic carbocycles. The predicted octanol–water partition coefficient (Wildman–Crippen LogP) is 1.95. The zero-order valence-electron chi connectivity index (χ0n) is 15.2. The third-order valence-electron chi connectivity index (χ3n) is 4.54. The fourth-order valence-corrected chi connectivity index (χ4v) is 3.98. The van der Waals surface area contributed by atoms with Crippen molar-refractivity contribution in [3.8, 4) is 0 Å². The Morgan fingerprint density at radius 3 is 2.63 bits per heavy atom. The average molecular weight is 398 g/mol. The maximum Gasteiger partial charge on any atom is 0.338 e. The standard InChI is InChI=1S/C17H22N2O7S/c1-3-13-6-4-5-9-18(13)16(20)11-26-17(21)12-7-8-15(27(2,24)25)14(10-12)19(22)23/h7-8,10,13H,3-6,9,11H2,1-2H3/t13-/m0/s1. The summed E-state index contributed by atoms with van der Waals surface area (Å²) in [7, 11) is -3.82. The minimum absolute atomic E-state index is 0.125. The van der Waals surface area contributed by atoms with Crippen LogP contribution < -0.4 is 0 Å². The Bertz CT molecular complexity index is 851. The van der Waals surface area contributed by atoms with Gasteiger partial charge < -0.3 is 9.64 Å². The molecule has 0 spiro atoms. The number of hydrogen-bond acceptors (Lipinski definition) is 7. The van der Waals surface area contributed by atoms with Crippen molar-refractivity contribution in [3.05, 3.63) is 33.9 Å². The molecule has 0 aromatic heterocycles. The lowest BCUT2D eigenvalue weighted by atomic mass is 10.00. The Kier molecular flexibility index (Phi) is 6.53. The number of carbonyl (C=O) groups is 2. The number of benzene rings is 1.